The highest BCUT2D eigenvalue weighted by molar-refractivity contribution is 7.66. The summed E-state index contributed by atoms with van der Waals surface area (Å²) in [7, 11) is -15.1. The molecule has 0 spiro atoms. The van der Waals surface area contributed by atoms with Gasteiger partial charge in [-0.2, -0.15) is 8.62 Å². The Morgan fingerprint density at radius 1 is 1.06 bits per heavy atom. The molecule has 2 aromatic heterocycles. The van der Waals surface area contributed by atoms with Gasteiger partial charge in [-0.15, -0.1) is 0 Å². The first-order valence-corrected chi connectivity index (χ1v) is 12.9. The second kappa shape index (κ2) is 9.12. The first-order chi connectivity index (χ1) is 14.7. The standard InChI is InChI=1S/C11H18N5O13P3/c1-12-9-6-10(14-3-13-9)16(4-15-6)11-8(18)7(17)5(27-11)2-26-31(22,23)29-32(24,25)28-30(19,20)21/h3-5,7-8,11,17-18H,2H2,1H3,(H,22,23)(H,24,25)(H,12,13,14)(H2,19,20,21)/t5-,7-,8-,11?/m1/s1. The number of phosphoric acid groups is 3. The number of aliphatic hydroxyl groups excluding tert-OH is 2. The molecule has 7 N–H and O–H groups in total. The highest BCUT2D eigenvalue weighted by Gasteiger charge is 2.47. The maximum atomic E-state index is 11.8. The van der Waals surface area contributed by atoms with Crippen molar-refractivity contribution in [3.63, 3.8) is 0 Å². The van der Waals surface area contributed by atoms with Crippen molar-refractivity contribution in [2.24, 2.45) is 0 Å². The fourth-order valence-corrected chi connectivity index (χ4v) is 5.82. The third-order valence-electron chi connectivity index (χ3n) is 4.02. The number of fused-ring (bicyclic) bond motifs is 1. The van der Waals surface area contributed by atoms with E-state index >= 15 is 0 Å². The number of nitrogens with one attached hydrogen (secondary N) is 1. The highest BCUT2D eigenvalue weighted by atomic mass is 31.3. The number of rotatable bonds is 9. The third-order valence-corrected chi connectivity index (χ3v) is 7.83. The molecule has 0 aromatic carbocycles. The van der Waals surface area contributed by atoms with Crippen LogP contribution in [0.15, 0.2) is 12.7 Å². The van der Waals surface area contributed by atoms with Crippen molar-refractivity contribution < 1.29 is 61.4 Å². The van der Waals surface area contributed by atoms with Crippen LogP contribution in [0.25, 0.3) is 11.2 Å². The minimum atomic E-state index is -5.70. The Labute approximate surface area is 178 Å². The Bertz CT molecular complexity index is 1120. The first-order valence-electron chi connectivity index (χ1n) is 8.38. The molecular formula is C11H18N5O13P3. The predicted octanol–water partition coefficient (Wildman–Crippen LogP) is -1.17. The molecule has 0 amide bonds. The van der Waals surface area contributed by atoms with Crippen molar-refractivity contribution in [2.75, 3.05) is 19.0 Å². The Kier molecular flexibility index (Phi) is 7.20. The van der Waals surface area contributed by atoms with Gasteiger partial charge in [0.15, 0.2) is 17.7 Å². The van der Waals surface area contributed by atoms with Gasteiger partial charge in [-0.1, -0.05) is 0 Å². The number of hydrogen-bond donors (Lipinski definition) is 7. The van der Waals surface area contributed by atoms with Crippen LogP contribution in [-0.4, -0.2) is 81.3 Å². The van der Waals surface area contributed by atoms with Gasteiger partial charge in [0.25, 0.3) is 0 Å². The van der Waals surface area contributed by atoms with E-state index in [0.29, 0.717) is 11.3 Å². The molecule has 3 unspecified atom stereocenters. The van der Waals surface area contributed by atoms with Crippen molar-refractivity contribution in [1.82, 2.24) is 19.5 Å². The third kappa shape index (κ3) is 5.76. The van der Waals surface area contributed by atoms with Gasteiger partial charge in [0, 0.05) is 7.05 Å². The quantitative estimate of drug-likeness (QED) is 0.192. The lowest BCUT2D eigenvalue weighted by Gasteiger charge is -2.19. The van der Waals surface area contributed by atoms with E-state index in [2.05, 4.69) is 33.4 Å². The summed E-state index contributed by atoms with van der Waals surface area (Å²) in [6.45, 7) is -0.943. The summed E-state index contributed by atoms with van der Waals surface area (Å²) in [5.74, 6) is 0.381. The van der Waals surface area contributed by atoms with Gasteiger partial charge in [-0.05, 0) is 0 Å². The number of ether oxygens (including phenoxy) is 1. The van der Waals surface area contributed by atoms with Crippen LogP contribution in [0.2, 0.25) is 0 Å². The normalized spacial score (nSPS) is 27.8. The van der Waals surface area contributed by atoms with Crippen LogP contribution in [-0.2, 0) is 31.6 Å². The van der Waals surface area contributed by atoms with E-state index in [4.69, 9.17) is 19.4 Å². The van der Waals surface area contributed by atoms with E-state index in [9.17, 15) is 28.8 Å². The van der Waals surface area contributed by atoms with Crippen molar-refractivity contribution in [2.45, 2.75) is 24.5 Å². The van der Waals surface area contributed by atoms with Crippen LogP contribution in [0.3, 0.4) is 0 Å². The summed E-state index contributed by atoms with van der Waals surface area (Å²) in [6, 6.07) is 0. The molecule has 32 heavy (non-hydrogen) atoms. The monoisotopic (exact) mass is 521 g/mol. The molecule has 0 saturated carbocycles. The molecule has 0 bridgehead atoms. The molecule has 1 aliphatic heterocycles. The van der Waals surface area contributed by atoms with E-state index in [1.54, 1.807) is 7.05 Å². The van der Waals surface area contributed by atoms with E-state index in [1.807, 2.05) is 0 Å². The van der Waals surface area contributed by atoms with Gasteiger partial charge in [0.05, 0.1) is 12.9 Å². The van der Waals surface area contributed by atoms with Crippen molar-refractivity contribution in [3.8, 4) is 0 Å². The van der Waals surface area contributed by atoms with Crippen LogP contribution >= 0.6 is 23.5 Å². The van der Waals surface area contributed by atoms with Gasteiger partial charge < -0.3 is 39.8 Å². The SMILES string of the molecule is CNc1ncnc2c1ncn2C1O[C@H](COP(=O)(O)OP(=O)(O)OP(=O)(O)O)[C@@H](O)[C@H]1O. The van der Waals surface area contributed by atoms with E-state index in [0.717, 1.165) is 0 Å². The molecule has 21 heteroatoms. The average molecular weight is 521 g/mol. The molecule has 6 atom stereocenters. The second-order valence-electron chi connectivity index (χ2n) is 6.23. The van der Waals surface area contributed by atoms with Gasteiger partial charge in [-0.3, -0.25) is 9.09 Å². The largest absolute Gasteiger partial charge is 0.490 e. The van der Waals surface area contributed by atoms with Crippen LogP contribution < -0.4 is 5.32 Å². The molecule has 1 fully saturated rings. The van der Waals surface area contributed by atoms with Crippen LogP contribution in [0.1, 0.15) is 6.23 Å². The zero-order valence-electron chi connectivity index (χ0n) is 15.8. The minimum Gasteiger partial charge on any atom is -0.387 e. The Balaban J connectivity index is 1.70. The fourth-order valence-electron chi connectivity index (χ4n) is 2.79. The number of aromatic nitrogens is 4. The van der Waals surface area contributed by atoms with Crippen molar-refractivity contribution >= 4 is 40.4 Å². The lowest BCUT2D eigenvalue weighted by Crippen LogP contribution is -2.33. The molecule has 1 saturated heterocycles. The Morgan fingerprint density at radius 3 is 2.38 bits per heavy atom. The van der Waals surface area contributed by atoms with E-state index in [1.165, 1.54) is 17.2 Å². The molecule has 1 aliphatic rings. The summed E-state index contributed by atoms with van der Waals surface area (Å²) in [5, 5.41) is 23.3. The molecule has 180 valence electrons. The molecule has 3 rings (SSSR count). The van der Waals surface area contributed by atoms with Gasteiger partial charge in [-0.25, -0.2) is 28.6 Å². The van der Waals surface area contributed by atoms with E-state index < -0.39 is 54.6 Å². The zero-order chi connectivity index (χ0) is 23.9. The number of hydrogen-bond acceptors (Lipinski definition) is 13. The zero-order valence-corrected chi connectivity index (χ0v) is 18.5. The molecule has 2 aromatic rings. The number of imidazole rings is 1. The predicted molar refractivity (Wildman–Crippen MR) is 101 cm³/mol. The van der Waals surface area contributed by atoms with Crippen molar-refractivity contribution in [3.05, 3.63) is 12.7 Å². The molecular weight excluding hydrogens is 503 g/mol. The summed E-state index contributed by atoms with van der Waals surface area (Å²) >= 11 is 0. The summed E-state index contributed by atoms with van der Waals surface area (Å²) in [5.41, 5.74) is 0.561. The smallest absolute Gasteiger partial charge is 0.387 e. The number of nitrogens with zero attached hydrogens (tertiary/aromatic N) is 4. The Hall–Kier alpha value is -1.36. The maximum Gasteiger partial charge on any atom is 0.490 e. The highest BCUT2D eigenvalue weighted by Crippen LogP contribution is 2.66. The topological polar surface area (TPSA) is 265 Å². The lowest BCUT2D eigenvalue weighted by molar-refractivity contribution is -0.0503. The summed E-state index contributed by atoms with van der Waals surface area (Å²) in [4.78, 5) is 47.8. The molecule has 0 aliphatic carbocycles. The van der Waals surface area contributed by atoms with Crippen LogP contribution in [0.5, 0.6) is 0 Å². The first kappa shape index (κ1) is 25.3. The summed E-state index contributed by atoms with van der Waals surface area (Å²) < 4.78 is 52.1. The van der Waals surface area contributed by atoms with Gasteiger partial charge in [0.1, 0.15) is 30.2 Å². The average Bonchev–Trinajstić information content (AvgIpc) is 3.19. The van der Waals surface area contributed by atoms with Crippen LogP contribution in [0.4, 0.5) is 5.82 Å². The lowest BCUT2D eigenvalue weighted by atomic mass is 10.1. The Morgan fingerprint density at radius 2 is 1.75 bits per heavy atom. The number of aliphatic hydroxyl groups is 2. The summed E-state index contributed by atoms with van der Waals surface area (Å²) in [6.07, 6.45) is -3.46. The molecule has 3 heterocycles. The van der Waals surface area contributed by atoms with Crippen molar-refractivity contribution in [1.29, 1.82) is 0 Å². The van der Waals surface area contributed by atoms with Gasteiger partial charge >= 0.3 is 23.5 Å². The van der Waals surface area contributed by atoms with Crippen LogP contribution in [0, 0.1) is 0 Å². The fraction of sp³-hybridized carbons (Fsp3) is 0.545. The number of anilines is 1. The molecule has 18 nitrogen and oxygen atoms in total. The van der Waals surface area contributed by atoms with E-state index in [-0.39, 0.29) is 5.65 Å². The second-order valence-corrected chi connectivity index (χ2v) is 10.6. The van der Waals surface area contributed by atoms with Gasteiger partial charge in [0.2, 0.25) is 0 Å². The minimum absolute atomic E-state index is 0.231. The maximum absolute atomic E-state index is 11.8. The molecule has 0 radical (unpaired) electrons. The number of phosphoric ester groups is 1.